The van der Waals surface area contributed by atoms with Gasteiger partial charge >= 0.3 is 0 Å². The molecule has 0 amide bonds. The van der Waals surface area contributed by atoms with Crippen LogP contribution in [0.3, 0.4) is 0 Å². The lowest BCUT2D eigenvalue weighted by molar-refractivity contribution is 0.299. The number of nitrogens with two attached hydrogens (primary N) is 1. The Bertz CT molecular complexity index is 570. The standard InChI is InChI=1S/C14H13F2NO/c1-9-2-4-12(15)10(6-9)8-18-11-3-5-13(16)14(17)7-11/h2-7H,8,17H2,1H3. The van der Waals surface area contributed by atoms with Gasteiger partial charge in [0.1, 0.15) is 24.0 Å². The normalized spacial score (nSPS) is 10.4. The predicted molar refractivity (Wildman–Crippen MR) is 66.3 cm³/mol. The lowest BCUT2D eigenvalue weighted by Gasteiger charge is -2.08. The fraction of sp³-hybridized carbons (Fsp3) is 0.143. The monoisotopic (exact) mass is 249 g/mol. The molecular formula is C14H13F2NO. The molecule has 0 aromatic heterocycles. The van der Waals surface area contributed by atoms with E-state index in [1.54, 1.807) is 12.1 Å². The first kappa shape index (κ1) is 12.4. The van der Waals surface area contributed by atoms with Gasteiger partial charge in [0.2, 0.25) is 0 Å². The van der Waals surface area contributed by atoms with Crippen LogP contribution in [-0.2, 0) is 6.61 Å². The largest absolute Gasteiger partial charge is 0.489 e. The van der Waals surface area contributed by atoms with Crippen molar-refractivity contribution in [1.29, 1.82) is 0 Å². The second-order valence-corrected chi connectivity index (χ2v) is 4.07. The quantitative estimate of drug-likeness (QED) is 0.846. The number of nitrogen functional groups attached to an aromatic ring is 1. The van der Waals surface area contributed by atoms with E-state index < -0.39 is 5.82 Å². The molecule has 0 spiro atoms. The minimum absolute atomic E-state index is 0.0113. The van der Waals surface area contributed by atoms with Crippen molar-refractivity contribution in [3.63, 3.8) is 0 Å². The van der Waals surface area contributed by atoms with Gasteiger partial charge in [-0.05, 0) is 31.2 Å². The Labute approximate surface area is 104 Å². The van der Waals surface area contributed by atoms with Crippen molar-refractivity contribution >= 4 is 5.69 Å². The third-order valence-corrected chi connectivity index (χ3v) is 2.56. The molecule has 4 heteroatoms. The Kier molecular flexibility index (Phi) is 3.46. The molecule has 0 aliphatic heterocycles. The molecule has 0 bridgehead atoms. The van der Waals surface area contributed by atoms with Crippen LogP contribution in [0.4, 0.5) is 14.5 Å². The maximum atomic E-state index is 13.5. The Morgan fingerprint density at radius 1 is 1.06 bits per heavy atom. The van der Waals surface area contributed by atoms with Crippen molar-refractivity contribution in [2.24, 2.45) is 0 Å². The van der Waals surface area contributed by atoms with Crippen LogP contribution in [-0.4, -0.2) is 0 Å². The van der Waals surface area contributed by atoms with Crippen LogP contribution in [0.15, 0.2) is 36.4 Å². The molecule has 2 aromatic rings. The Balaban J connectivity index is 2.11. The number of hydrogen-bond acceptors (Lipinski definition) is 2. The second-order valence-electron chi connectivity index (χ2n) is 4.07. The van der Waals surface area contributed by atoms with Crippen molar-refractivity contribution < 1.29 is 13.5 Å². The smallest absolute Gasteiger partial charge is 0.146 e. The van der Waals surface area contributed by atoms with Gasteiger partial charge in [-0.15, -0.1) is 0 Å². The molecule has 2 rings (SSSR count). The molecule has 94 valence electrons. The van der Waals surface area contributed by atoms with Gasteiger partial charge in [-0.1, -0.05) is 11.6 Å². The summed E-state index contributed by atoms with van der Waals surface area (Å²) in [6, 6.07) is 8.85. The summed E-state index contributed by atoms with van der Waals surface area (Å²) in [6.45, 7) is 1.96. The van der Waals surface area contributed by atoms with E-state index in [0.29, 0.717) is 11.3 Å². The van der Waals surface area contributed by atoms with E-state index in [4.69, 9.17) is 10.5 Å². The van der Waals surface area contributed by atoms with Crippen molar-refractivity contribution in [3.05, 3.63) is 59.2 Å². The lowest BCUT2D eigenvalue weighted by Crippen LogP contribution is -2.00. The fourth-order valence-corrected chi connectivity index (χ4v) is 1.59. The van der Waals surface area contributed by atoms with Gasteiger partial charge in [-0.25, -0.2) is 8.78 Å². The molecule has 0 atom stereocenters. The molecule has 0 unspecified atom stereocenters. The molecule has 0 saturated heterocycles. The third kappa shape index (κ3) is 2.77. The number of aryl methyl sites for hydroxylation is 1. The summed E-state index contributed by atoms with van der Waals surface area (Å²) in [5.41, 5.74) is 6.83. The van der Waals surface area contributed by atoms with E-state index in [9.17, 15) is 8.78 Å². The highest BCUT2D eigenvalue weighted by molar-refractivity contribution is 5.45. The SMILES string of the molecule is Cc1ccc(F)c(COc2ccc(F)c(N)c2)c1. The number of ether oxygens (including phenoxy) is 1. The van der Waals surface area contributed by atoms with Crippen LogP contribution >= 0.6 is 0 Å². The second kappa shape index (κ2) is 5.04. The number of anilines is 1. The lowest BCUT2D eigenvalue weighted by atomic mass is 10.1. The van der Waals surface area contributed by atoms with Crippen LogP contribution in [0.2, 0.25) is 0 Å². The molecule has 18 heavy (non-hydrogen) atoms. The highest BCUT2D eigenvalue weighted by Crippen LogP contribution is 2.20. The molecule has 0 saturated carbocycles. The minimum atomic E-state index is -0.496. The molecule has 0 heterocycles. The van der Waals surface area contributed by atoms with Gasteiger partial charge in [-0.2, -0.15) is 0 Å². The fourth-order valence-electron chi connectivity index (χ4n) is 1.59. The van der Waals surface area contributed by atoms with E-state index in [2.05, 4.69) is 0 Å². The summed E-state index contributed by atoms with van der Waals surface area (Å²) >= 11 is 0. The summed E-state index contributed by atoms with van der Waals surface area (Å²) in [7, 11) is 0. The minimum Gasteiger partial charge on any atom is -0.489 e. The van der Waals surface area contributed by atoms with Gasteiger partial charge in [0.15, 0.2) is 0 Å². The van der Waals surface area contributed by atoms with Crippen molar-refractivity contribution in [1.82, 2.24) is 0 Å². The number of halogens is 2. The van der Waals surface area contributed by atoms with Crippen LogP contribution in [0.25, 0.3) is 0 Å². The first-order valence-electron chi connectivity index (χ1n) is 5.49. The Morgan fingerprint density at radius 2 is 1.78 bits per heavy atom. The summed E-state index contributed by atoms with van der Waals surface area (Å²) in [5, 5.41) is 0. The zero-order valence-corrected chi connectivity index (χ0v) is 9.91. The molecule has 0 fully saturated rings. The van der Waals surface area contributed by atoms with Gasteiger partial charge in [-0.3, -0.25) is 0 Å². The first-order valence-corrected chi connectivity index (χ1v) is 5.49. The van der Waals surface area contributed by atoms with E-state index in [-0.39, 0.29) is 18.1 Å². The molecule has 0 radical (unpaired) electrons. The Morgan fingerprint density at radius 3 is 2.50 bits per heavy atom. The third-order valence-electron chi connectivity index (χ3n) is 2.56. The average molecular weight is 249 g/mol. The van der Waals surface area contributed by atoms with Crippen LogP contribution < -0.4 is 10.5 Å². The molecule has 2 N–H and O–H groups in total. The summed E-state index contributed by atoms with van der Waals surface area (Å²) in [4.78, 5) is 0. The first-order chi connectivity index (χ1) is 8.56. The summed E-state index contributed by atoms with van der Waals surface area (Å²) in [6.07, 6.45) is 0. The van der Waals surface area contributed by atoms with E-state index in [1.807, 2.05) is 6.92 Å². The van der Waals surface area contributed by atoms with E-state index in [1.165, 1.54) is 24.3 Å². The number of benzene rings is 2. The molecule has 0 aliphatic carbocycles. The Hall–Kier alpha value is -2.10. The summed E-state index contributed by atoms with van der Waals surface area (Å²) < 4.78 is 31.8. The topological polar surface area (TPSA) is 35.2 Å². The maximum absolute atomic E-state index is 13.5. The summed E-state index contributed by atoms with van der Waals surface area (Å²) in [5.74, 6) is -0.408. The predicted octanol–water partition coefficient (Wildman–Crippen LogP) is 3.43. The van der Waals surface area contributed by atoms with Crippen molar-refractivity contribution in [2.45, 2.75) is 13.5 Å². The molecule has 0 aliphatic rings. The van der Waals surface area contributed by atoms with Gasteiger partial charge in [0, 0.05) is 11.6 Å². The number of rotatable bonds is 3. The average Bonchev–Trinajstić information content (AvgIpc) is 2.34. The van der Waals surface area contributed by atoms with E-state index in [0.717, 1.165) is 5.56 Å². The maximum Gasteiger partial charge on any atom is 0.146 e. The van der Waals surface area contributed by atoms with Crippen LogP contribution in [0.5, 0.6) is 5.75 Å². The van der Waals surface area contributed by atoms with Gasteiger partial charge in [0.05, 0.1) is 5.69 Å². The van der Waals surface area contributed by atoms with E-state index >= 15 is 0 Å². The highest BCUT2D eigenvalue weighted by Gasteiger charge is 2.05. The molecule has 2 aromatic carbocycles. The molecule has 2 nitrogen and oxygen atoms in total. The van der Waals surface area contributed by atoms with Crippen LogP contribution in [0.1, 0.15) is 11.1 Å². The zero-order chi connectivity index (χ0) is 13.1. The van der Waals surface area contributed by atoms with Crippen LogP contribution in [0, 0.1) is 18.6 Å². The van der Waals surface area contributed by atoms with Crippen molar-refractivity contribution in [3.8, 4) is 5.75 Å². The molecular weight excluding hydrogens is 236 g/mol. The van der Waals surface area contributed by atoms with Gasteiger partial charge < -0.3 is 10.5 Å². The van der Waals surface area contributed by atoms with Crippen molar-refractivity contribution in [2.75, 3.05) is 5.73 Å². The van der Waals surface area contributed by atoms with Gasteiger partial charge in [0.25, 0.3) is 0 Å². The number of hydrogen-bond donors (Lipinski definition) is 1. The zero-order valence-electron chi connectivity index (χ0n) is 9.91. The highest BCUT2D eigenvalue weighted by atomic mass is 19.1.